The van der Waals surface area contributed by atoms with E-state index in [4.69, 9.17) is 0 Å². The number of fused-ring (bicyclic) bond motifs is 2. The molecule has 0 spiro atoms. The fourth-order valence-corrected chi connectivity index (χ4v) is 7.88. The molecule has 0 saturated carbocycles. The Kier molecular flexibility index (Phi) is 10.7. The lowest BCUT2D eigenvalue weighted by atomic mass is 9.92. The van der Waals surface area contributed by atoms with Crippen LogP contribution < -0.4 is 0 Å². The molecule has 6 rings (SSSR count). The van der Waals surface area contributed by atoms with Gasteiger partial charge < -0.3 is 10.2 Å². The summed E-state index contributed by atoms with van der Waals surface area (Å²) in [6.07, 6.45) is 2.18. The first-order chi connectivity index (χ1) is 25.7. The number of hydrogen-bond acceptors (Lipinski definition) is 10. The molecule has 0 unspecified atom stereocenters. The highest BCUT2D eigenvalue weighted by molar-refractivity contribution is 7.86. The van der Waals surface area contributed by atoms with E-state index in [1.165, 1.54) is 12.1 Å². The van der Waals surface area contributed by atoms with Crippen molar-refractivity contribution in [2.24, 2.45) is 20.5 Å². The molecule has 0 heterocycles. The zero-order valence-electron chi connectivity index (χ0n) is 29.9. The summed E-state index contributed by atoms with van der Waals surface area (Å²) in [5, 5.41) is 41.0. The van der Waals surface area contributed by atoms with Crippen molar-refractivity contribution in [3.63, 3.8) is 0 Å². The molecule has 14 heteroatoms. The minimum absolute atomic E-state index is 0.356. The first kappa shape index (κ1) is 38.2. The van der Waals surface area contributed by atoms with E-state index in [1.54, 1.807) is 48.5 Å². The third kappa shape index (κ3) is 7.33. The zero-order valence-corrected chi connectivity index (χ0v) is 31.6. The summed E-state index contributed by atoms with van der Waals surface area (Å²) in [6, 6.07) is 23.6. The molecule has 0 radical (unpaired) electrons. The fraction of sp³-hybridized carbons (Fsp3) is 0.200. The Bertz CT molecular complexity index is 2510. The van der Waals surface area contributed by atoms with Gasteiger partial charge in [-0.25, -0.2) is 0 Å². The maximum atomic E-state index is 12.4. The Labute approximate surface area is 313 Å². The first-order valence-electron chi connectivity index (χ1n) is 17.3. The molecule has 6 aromatic carbocycles. The monoisotopic (exact) mass is 766 g/mol. The molecule has 278 valence electrons. The van der Waals surface area contributed by atoms with Gasteiger partial charge in [-0.2, -0.15) is 16.8 Å². The van der Waals surface area contributed by atoms with Crippen molar-refractivity contribution in [1.82, 2.24) is 0 Å². The van der Waals surface area contributed by atoms with Crippen molar-refractivity contribution in [2.45, 2.75) is 63.2 Å². The zero-order chi connectivity index (χ0) is 38.9. The van der Waals surface area contributed by atoms with Crippen LogP contribution in [0.1, 0.15) is 49.9 Å². The summed E-state index contributed by atoms with van der Waals surface area (Å²) < 4.78 is 69.4. The largest absolute Gasteiger partial charge is 0.505 e. The Morgan fingerprint density at radius 2 is 0.759 bits per heavy atom. The highest BCUT2D eigenvalue weighted by Crippen LogP contribution is 2.44. The normalized spacial score (nSPS) is 12.5. The number of phenols is 2. The van der Waals surface area contributed by atoms with Crippen molar-refractivity contribution in [3.8, 4) is 22.6 Å². The van der Waals surface area contributed by atoms with Crippen LogP contribution in [0.3, 0.4) is 0 Å². The molecule has 0 aliphatic carbocycles. The van der Waals surface area contributed by atoms with Crippen LogP contribution in [-0.2, 0) is 45.9 Å². The van der Waals surface area contributed by atoms with Crippen molar-refractivity contribution < 1.29 is 36.2 Å². The van der Waals surface area contributed by atoms with E-state index in [0.717, 1.165) is 33.4 Å². The molecular formula is C40H38N4O8S2. The molecule has 4 N–H and O–H groups in total. The molecule has 0 bridgehead atoms. The molecule has 0 aromatic heterocycles. The second-order valence-corrected chi connectivity index (χ2v) is 15.4. The number of aromatic hydroxyl groups is 2. The van der Waals surface area contributed by atoms with Gasteiger partial charge in [0.2, 0.25) is 0 Å². The van der Waals surface area contributed by atoms with Crippen molar-refractivity contribution in [1.29, 1.82) is 0 Å². The number of rotatable bonds is 11. The third-order valence-electron chi connectivity index (χ3n) is 9.37. The van der Waals surface area contributed by atoms with Crippen LogP contribution in [0.5, 0.6) is 11.5 Å². The first-order valence-corrected chi connectivity index (χ1v) is 20.2. The summed E-state index contributed by atoms with van der Waals surface area (Å²) in [6.45, 7) is 7.82. The van der Waals surface area contributed by atoms with Crippen LogP contribution in [0.25, 0.3) is 32.7 Å². The van der Waals surface area contributed by atoms with Crippen LogP contribution in [0.15, 0.2) is 115 Å². The number of azo groups is 2. The van der Waals surface area contributed by atoms with E-state index < -0.39 is 41.5 Å². The summed E-state index contributed by atoms with van der Waals surface area (Å²) >= 11 is 0. The number of hydrogen-bond donors (Lipinski definition) is 4. The third-order valence-corrected chi connectivity index (χ3v) is 11.1. The van der Waals surface area contributed by atoms with Crippen LogP contribution in [0.2, 0.25) is 0 Å². The van der Waals surface area contributed by atoms with Gasteiger partial charge in [-0.1, -0.05) is 76.2 Å². The fourth-order valence-electron chi connectivity index (χ4n) is 6.56. The van der Waals surface area contributed by atoms with E-state index >= 15 is 0 Å². The summed E-state index contributed by atoms with van der Waals surface area (Å²) in [7, 11) is -9.52. The van der Waals surface area contributed by atoms with E-state index in [9.17, 15) is 36.2 Å². The number of benzene rings is 6. The highest BCUT2D eigenvalue weighted by Gasteiger charge is 2.24. The average Bonchev–Trinajstić information content (AvgIpc) is 3.15. The van der Waals surface area contributed by atoms with Gasteiger partial charge in [0, 0.05) is 10.8 Å². The summed E-state index contributed by atoms with van der Waals surface area (Å²) in [5.41, 5.74) is 5.30. The van der Waals surface area contributed by atoms with Crippen molar-refractivity contribution >= 4 is 64.5 Å². The number of aryl methyl sites for hydroxylation is 4. The Morgan fingerprint density at radius 3 is 1.06 bits per heavy atom. The maximum Gasteiger partial charge on any atom is 0.296 e. The Morgan fingerprint density at radius 1 is 0.463 bits per heavy atom. The van der Waals surface area contributed by atoms with Crippen LogP contribution >= 0.6 is 0 Å². The lowest BCUT2D eigenvalue weighted by Gasteiger charge is -2.16. The van der Waals surface area contributed by atoms with E-state index in [2.05, 4.69) is 20.5 Å². The van der Waals surface area contributed by atoms with Gasteiger partial charge in [0.25, 0.3) is 20.2 Å². The summed E-state index contributed by atoms with van der Waals surface area (Å²) in [4.78, 5) is -1.12. The van der Waals surface area contributed by atoms with Crippen LogP contribution in [0, 0.1) is 0 Å². The van der Waals surface area contributed by atoms with Crippen molar-refractivity contribution in [2.75, 3.05) is 0 Å². The summed E-state index contributed by atoms with van der Waals surface area (Å²) in [5.74, 6) is -0.836. The van der Waals surface area contributed by atoms with Gasteiger partial charge in [0.05, 0.1) is 11.4 Å². The highest BCUT2D eigenvalue weighted by atomic mass is 32.2. The molecule has 0 aliphatic heterocycles. The molecule has 54 heavy (non-hydrogen) atoms. The molecular weight excluding hydrogens is 729 g/mol. The smallest absolute Gasteiger partial charge is 0.296 e. The molecule has 6 aromatic rings. The molecule has 0 saturated heterocycles. The molecule has 0 amide bonds. The van der Waals surface area contributed by atoms with Gasteiger partial charge in [-0.05, 0) is 106 Å². The van der Waals surface area contributed by atoms with Gasteiger partial charge in [0.15, 0.2) is 11.5 Å². The second kappa shape index (κ2) is 15.1. The SMILES string of the molecule is CCc1cc(-c2cc(CC)c(/N=N/c3c(S(=O)(=O)O)cc4ccccc4c3O)c(CC)c2)cc(CC)c1/N=N/c1c(S(=O)(=O)O)cc2ccccc2c1O. The Hall–Kier alpha value is -5.54. The molecule has 0 atom stereocenters. The minimum Gasteiger partial charge on any atom is -0.505 e. The van der Waals surface area contributed by atoms with Crippen molar-refractivity contribution in [3.05, 3.63) is 107 Å². The standard InChI is InChI=1S/C40H38N4O8S2/c1-5-23-17-29(18-24(6-2)35(23)41-43-37-33(53(47,48)49)21-27-13-9-11-15-31(27)39(37)45)30-19-25(7-3)36(26(8-4)20-30)42-44-38-34(54(50,51)52)22-28-14-10-12-16-32(28)40(38)46/h9-22,45-46H,5-8H2,1-4H3,(H,47,48,49)(H,50,51,52)/b43-41+,44-42+. The second-order valence-electron chi connectivity index (χ2n) is 12.6. The van der Waals surface area contributed by atoms with Gasteiger partial charge in [0.1, 0.15) is 21.2 Å². The average molecular weight is 767 g/mol. The van der Waals surface area contributed by atoms with Gasteiger partial charge in [-0.3, -0.25) is 9.11 Å². The number of phenolic OH excluding ortho intramolecular Hbond substituents is 2. The predicted octanol–water partition coefficient (Wildman–Crippen LogP) is 10.6. The lowest BCUT2D eigenvalue weighted by Crippen LogP contribution is -1.99. The van der Waals surface area contributed by atoms with E-state index in [1.807, 2.05) is 52.0 Å². The van der Waals surface area contributed by atoms with E-state index in [0.29, 0.717) is 58.6 Å². The van der Waals surface area contributed by atoms with Gasteiger partial charge in [-0.15, -0.1) is 20.5 Å². The quantitative estimate of drug-likeness (QED) is 0.0737. The van der Waals surface area contributed by atoms with Crippen LogP contribution in [-0.4, -0.2) is 36.2 Å². The molecule has 0 aliphatic rings. The molecule has 0 fully saturated rings. The Balaban J connectivity index is 1.45. The topological polar surface area (TPSA) is 199 Å². The predicted molar refractivity (Wildman–Crippen MR) is 209 cm³/mol. The minimum atomic E-state index is -4.76. The van der Waals surface area contributed by atoms with Crippen LogP contribution in [0.4, 0.5) is 22.7 Å². The maximum absolute atomic E-state index is 12.4. The van der Waals surface area contributed by atoms with E-state index in [-0.39, 0.29) is 11.4 Å². The molecule has 12 nitrogen and oxygen atoms in total. The van der Waals surface area contributed by atoms with Gasteiger partial charge >= 0.3 is 0 Å². The number of nitrogens with zero attached hydrogens (tertiary/aromatic N) is 4. The lowest BCUT2D eigenvalue weighted by molar-refractivity contribution is 0.471.